The molecule has 21 heavy (non-hydrogen) atoms. The van der Waals surface area contributed by atoms with Crippen LogP contribution in [-0.4, -0.2) is 25.1 Å². The first-order valence-corrected chi connectivity index (χ1v) is 8.49. The maximum absolute atomic E-state index is 11.4. The summed E-state index contributed by atoms with van der Waals surface area (Å²) in [5.41, 5.74) is 0. The lowest BCUT2D eigenvalue weighted by Crippen LogP contribution is -2.10. The van der Waals surface area contributed by atoms with Gasteiger partial charge in [-0.25, -0.2) is 0 Å². The third-order valence-electron chi connectivity index (χ3n) is 3.42. The zero-order chi connectivity index (χ0) is 15.9. The van der Waals surface area contributed by atoms with Crippen molar-refractivity contribution in [3.63, 3.8) is 0 Å². The van der Waals surface area contributed by atoms with Gasteiger partial charge >= 0.3 is 5.97 Å². The van der Waals surface area contributed by atoms with E-state index >= 15 is 0 Å². The molecule has 0 saturated carbocycles. The molecule has 0 aliphatic carbocycles. The van der Waals surface area contributed by atoms with Gasteiger partial charge in [0, 0.05) is 12.8 Å². The van der Waals surface area contributed by atoms with Crippen LogP contribution in [0.4, 0.5) is 0 Å². The van der Waals surface area contributed by atoms with Crippen molar-refractivity contribution in [3.05, 3.63) is 0 Å². The van der Waals surface area contributed by atoms with Crippen molar-refractivity contribution in [3.8, 4) is 0 Å². The van der Waals surface area contributed by atoms with E-state index < -0.39 is 0 Å². The number of hydrogen-bond donors (Lipinski definition) is 1. The molecule has 4 heteroatoms. The maximum Gasteiger partial charge on any atom is 0.305 e. The molecule has 0 aliphatic heterocycles. The molecule has 0 fully saturated rings. The van der Waals surface area contributed by atoms with E-state index in [4.69, 9.17) is 14.9 Å². The van der Waals surface area contributed by atoms with E-state index in [1.165, 1.54) is 0 Å². The van der Waals surface area contributed by atoms with Crippen molar-refractivity contribution in [2.75, 3.05) is 13.2 Å². The summed E-state index contributed by atoms with van der Waals surface area (Å²) in [6.07, 6.45) is 8.27. The fourth-order valence-corrected chi connectivity index (χ4v) is 2.30. The number of carbonyl (C=O) groups is 1. The highest BCUT2D eigenvalue weighted by Crippen LogP contribution is 2.21. The highest BCUT2D eigenvalue weighted by atomic mass is 16.5. The first kappa shape index (κ1) is 19.9. The average Bonchev–Trinajstić information content (AvgIpc) is 2.48. The Labute approximate surface area is 130 Å². The number of rotatable bonds is 13. The van der Waals surface area contributed by atoms with Crippen molar-refractivity contribution in [2.45, 2.75) is 78.6 Å². The van der Waals surface area contributed by atoms with Gasteiger partial charge < -0.3 is 9.47 Å². The number of ether oxygens (including phenoxy) is 2. The predicted molar refractivity (Wildman–Crippen MR) is 86.7 cm³/mol. The van der Waals surface area contributed by atoms with Crippen LogP contribution in [0.25, 0.3) is 0 Å². The number of esters is 1. The third-order valence-corrected chi connectivity index (χ3v) is 3.42. The summed E-state index contributed by atoms with van der Waals surface area (Å²) in [5, 5.41) is 7.74. The van der Waals surface area contributed by atoms with Crippen LogP contribution in [0.2, 0.25) is 0 Å². The highest BCUT2D eigenvalue weighted by Gasteiger charge is 2.11. The summed E-state index contributed by atoms with van der Waals surface area (Å²) in [6.45, 7) is 7.40. The molecule has 124 valence electrons. The van der Waals surface area contributed by atoms with Crippen molar-refractivity contribution < 1.29 is 14.3 Å². The first-order valence-electron chi connectivity index (χ1n) is 8.49. The fourth-order valence-electron chi connectivity index (χ4n) is 2.30. The van der Waals surface area contributed by atoms with Crippen molar-refractivity contribution in [2.24, 2.45) is 5.92 Å². The monoisotopic (exact) mass is 299 g/mol. The van der Waals surface area contributed by atoms with Gasteiger partial charge in [-0.15, -0.1) is 0 Å². The first-order chi connectivity index (χ1) is 10.1. The second-order valence-corrected chi connectivity index (χ2v) is 5.58. The largest absolute Gasteiger partial charge is 0.481 e. The quantitative estimate of drug-likeness (QED) is 0.304. The van der Waals surface area contributed by atoms with Gasteiger partial charge in [0.05, 0.1) is 13.2 Å². The van der Waals surface area contributed by atoms with Gasteiger partial charge in [-0.3, -0.25) is 10.2 Å². The van der Waals surface area contributed by atoms with Crippen LogP contribution in [0.5, 0.6) is 0 Å². The van der Waals surface area contributed by atoms with Gasteiger partial charge in [0.15, 0.2) is 5.90 Å². The van der Waals surface area contributed by atoms with Gasteiger partial charge in [0.2, 0.25) is 0 Å². The summed E-state index contributed by atoms with van der Waals surface area (Å²) in [4.78, 5) is 11.4. The van der Waals surface area contributed by atoms with E-state index in [0.717, 1.165) is 44.9 Å². The van der Waals surface area contributed by atoms with Gasteiger partial charge in [0.1, 0.15) is 0 Å². The minimum absolute atomic E-state index is 0.0777. The molecule has 0 aliphatic rings. The van der Waals surface area contributed by atoms with E-state index in [0.29, 0.717) is 37.9 Å². The minimum atomic E-state index is -0.0777. The maximum atomic E-state index is 11.4. The molecule has 0 amide bonds. The zero-order valence-electron chi connectivity index (χ0n) is 14.1. The summed E-state index contributed by atoms with van der Waals surface area (Å²) < 4.78 is 10.4. The molecular formula is C17H33NO3. The third kappa shape index (κ3) is 12.4. The molecule has 1 N–H and O–H groups in total. The van der Waals surface area contributed by atoms with E-state index in [1.807, 2.05) is 13.8 Å². The van der Waals surface area contributed by atoms with E-state index in [-0.39, 0.29) is 5.97 Å². The molecule has 1 unspecified atom stereocenters. The summed E-state index contributed by atoms with van der Waals surface area (Å²) in [6, 6.07) is 0. The van der Waals surface area contributed by atoms with E-state index in [2.05, 4.69) is 6.92 Å². The van der Waals surface area contributed by atoms with Crippen molar-refractivity contribution in [1.82, 2.24) is 0 Å². The summed E-state index contributed by atoms with van der Waals surface area (Å²) in [5.74, 6) is 0.908. The molecule has 1 atom stereocenters. The van der Waals surface area contributed by atoms with Gasteiger partial charge in [-0.05, 0) is 38.0 Å². The van der Waals surface area contributed by atoms with E-state index in [1.54, 1.807) is 0 Å². The Bertz CT molecular complexity index is 279. The van der Waals surface area contributed by atoms with Crippen LogP contribution in [0.3, 0.4) is 0 Å². The fraction of sp³-hybridized carbons (Fsp3) is 0.882. The topological polar surface area (TPSA) is 59.4 Å². The lowest BCUT2D eigenvalue weighted by Gasteiger charge is -2.16. The van der Waals surface area contributed by atoms with Crippen LogP contribution in [-0.2, 0) is 14.3 Å². The second kappa shape index (κ2) is 13.9. The number of nitrogens with one attached hydrogen (secondary N) is 1. The summed E-state index contributed by atoms with van der Waals surface area (Å²) in [7, 11) is 0. The molecule has 0 bridgehead atoms. The standard InChI is InChI=1S/C17H33NO3/c1-4-8-15(11-12-16(18)20-13-5-2)9-7-10-17(19)21-14-6-3/h15,18H,4-14H2,1-3H3. The van der Waals surface area contributed by atoms with Crippen molar-refractivity contribution in [1.29, 1.82) is 5.41 Å². The Balaban J connectivity index is 3.85. The van der Waals surface area contributed by atoms with Crippen LogP contribution in [0, 0.1) is 11.3 Å². The Morgan fingerprint density at radius 3 is 2.19 bits per heavy atom. The molecule has 4 nitrogen and oxygen atoms in total. The summed E-state index contributed by atoms with van der Waals surface area (Å²) >= 11 is 0. The second-order valence-electron chi connectivity index (χ2n) is 5.58. The molecule has 0 spiro atoms. The molecule has 0 aromatic carbocycles. The Hall–Kier alpha value is -1.06. The number of carbonyl (C=O) groups excluding carboxylic acids is 1. The molecule has 0 saturated heterocycles. The van der Waals surface area contributed by atoms with Gasteiger partial charge in [-0.2, -0.15) is 0 Å². The lowest BCUT2D eigenvalue weighted by molar-refractivity contribution is -0.143. The van der Waals surface area contributed by atoms with Gasteiger partial charge in [-0.1, -0.05) is 33.6 Å². The smallest absolute Gasteiger partial charge is 0.305 e. The lowest BCUT2D eigenvalue weighted by atomic mass is 9.92. The minimum Gasteiger partial charge on any atom is -0.481 e. The van der Waals surface area contributed by atoms with Crippen LogP contribution >= 0.6 is 0 Å². The van der Waals surface area contributed by atoms with Gasteiger partial charge in [0.25, 0.3) is 0 Å². The zero-order valence-corrected chi connectivity index (χ0v) is 14.1. The highest BCUT2D eigenvalue weighted by molar-refractivity contribution is 5.72. The van der Waals surface area contributed by atoms with Crippen LogP contribution in [0.15, 0.2) is 0 Å². The van der Waals surface area contributed by atoms with Crippen LogP contribution in [0.1, 0.15) is 78.6 Å². The predicted octanol–water partition coefficient (Wildman–Crippen LogP) is 4.71. The average molecular weight is 299 g/mol. The Morgan fingerprint density at radius 1 is 0.905 bits per heavy atom. The van der Waals surface area contributed by atoms with Crippen LogP contribution < -0.4 is 0 Å². The Kier molecular flexibility index (Phi) is 13.2. The normalized spacial score (nSPS) is 12.0. The Morgan fingerprint density at radius 2 is 1.57 bits per heavy atom. The molecule has 0 radical (unpaired) electrons. The SMILES string of the molecule is CCCOC(=N)CCC(CCC)CCCC(=O)OCCC. The molecule has 0 aromatic heterocycles. The number of hydrogen-bond acceptors (Lipinski definition) is 4. The molecular weight excluding hydrogens is 266 g/mol. The molecule has 0 rings (SSSR count). The molecule has 0 heterocycles. The molecule has 0 aromatic rings. The van der Waals surface area contributed by atoms with E-state index in [9.17, 15) is 4.79 Å². The van der Waals surface area contributed by atoms with Crippen molar-refractivity contribution >= 4 is 11.9 Å².